The Morgan fingerprint density at radius 1 is 1.06 bits per heavy atom. The predicted molar refractivity (Wildman–Crippen MR) is 58.8 cm³/mol. The minimum atomic E-state index is -0.777. The Labute approximate surface area is 95.6 Å². The van der Waals surface area contributed by atoms with E-state index in [4.69, 9.17) is 5.11 Å². The van der Waals surface area contributed by atoms with Crippen LogP contribution in [0.15, 0.2) is 0 Å². The molecule has 2 rings (SSSR count). The first-order chi connectivity index (χ1) is 7.58. The molecule has 1 amide bonds. The maximum Gasteiger partial charge on any atom is 0.310 e. The zero-order chi connectivity index (χ0) is 11.7. The van der Waals surface area contributed by atoms with Crippen molar-refractivity contribution in [3.63, 3.8) is 0 Å². The van der Waals surface area contributed by atoms with Gasteiger partial charge in [-0.05, 0) is 31.6 Å². The number of amides is 1. The van der Waals surface area contributed by atoms with E-state index in [-0.39, 0.29) is 17.7 Å². The van der Waals surface area contributed by atoms with Crippen molar-refractivity contribution in [1.82, 2.24) is 4.90 Å². The van der Waals surface area contributed by atoms with Crippen molar-refractivity contribution in [1.29, 1.82) is 0 Å². The molecule has 1 aliphatic heterocycles. The predicted octanol–water partition coefficient (Wildman–Crippen LogP) is 1.36. The summed E-state index contributed by atoms with van der Waals surface area (Å²) >= 11 is 0. The van der Waals surface area contributed by atoms with E-state index >= 15 is 0 Å². The zero-order valence-electron chi connectivity index (χ0n) is 9.69. The van der Waals surface area contributed by atoms with Gasteiger partial charge in [0.2, 0.25) is 5.91 Å². The molecule has 0 radical (unpaired) electrons. The lowest BCUT2D eigenvalue weighted by atomic mass is 9.81. The van der Waals surface area contributed by atoms with Crippen LogP contribution in [-0.4, -0.2) is 35.0 Å². The molecule has 1 aliphatic carbocycles. The Morgan fingerprint density at radius 2 is 1.62 bits per heavy atom. The summed E-state index contributed by atoms with van der Waals surface area (Å²) in [7, 11) is 0. The van der Waals surface area contributed by atoms with Crippen LogP contribution in [0.3, 0.4) is 0 Å². The first kappa shape index (κ1) is 11.4. The van der Waals surface area contributed by atoms with Gasteiger partial charge in [0.15, 0.2) is 0 Å². The maximum atomic E-state index is 12.0. The van der Waals surface area contributed by atoms with Gasteiger partial charge in [0.25, 0.3) is 0 Å². The number of hydrogen-bond acceptors (Lipinski definition) is 2. The van der Waals surface area contributed by atoms with Gasteiger partial charge in [-0.15, -0.1) is 0 Å². The van der Waals surface area contributed by atoms with Crippen LogP contribution in [-0.2, 0) is 9.59 Å². The van der Waals surface area contributed by atoms with E-state index in [1.54, 1.807) is 4.90 Å². The van der Waals surface area contributed by atoms with Crippen LogP contribution in [0.5, 0.6) is 0 Å². The van der Waals surface area contributed by atoms with E-state index in [9.17, 15) is 9.59 Å². The van der Waals surface area contributed by atoms with Crippen molar-refractivity contribution in [2.75, 3.05) is 13.1 Å². The fraction of sp³-hybridized carbons (Fsp3) is 0.833. The summed E-state index contributed by atoms with van der Waals surface area (Å²) in [6.07, 6.45) is 4.22. The number of nitrogens with zero attached hydrogens (tertiary/aromatic N) is 1. The Morgan fingerprint density at radius 3 is 2.12 bits per heavy atom. The molecule has 1 saturated carbocycles. The molecule has 0 atom stereocenters. The van der Waals surface area contributed by atoms with Crippen molar-refractivity contribution < 1.29 is 14.7 Å². The number of carboxylic acids is 1. The number of rotatable bonds is 2. The molecular weight excluding hydrogens is 206 g/mol. The van der Waals surface area contributed by atoms with E-state index in [1.165, 1.54) is 0 Å². The second-order valence-corrected chi connectivity index (χ2v) is 5.24. The van der Waals surface area contributed by atoms with E-state index in [2.05, 4.69) is 6.92 Å². The molecule has 0 aromatic carbocycles. The molecule has 0 aromatic rings. The first-order valence-corrected chi connectivity index (χ1v) is 6.09. The average molecular weight is 225 g/mol. The Hall–Kier alpha value is -1.06. The molecule has 4 nitrogen and oxygen atoms in total. The van der Waals surface area contributed by atoms with Crippen LogP contribution in [0.4, 0.5) is 0 Å². The highest BCUT2D eigenvalue weighted by Crippen LogP contribution is 2.31. The lowest BCUT2D eigenvalue weighted by Crippen LogP contribution is -2.55. The van der Waals surface area contributed by atoms with Crippen LogP contribution in [0.2, 0.25) is 0 Å². The summed E-state index contributed by atoms with van der Waals surface area (Å²) in [4.78, 5) is 24.3. The number of carbonyl (C=O) groups excluding carboxylic acids is 1. The minimum Gasteiger partial charge on any atom is -0.481 e. The molecule has 2 aliphatic rings. The van der Waals surface area contributed by atoms with Crippen LogP contribution in [0, 0.1) is 17.8 Å². The summed E-state index contributed by atoms with van der Waals surface area (Å²) in [5.41, 5.74) is 0. The van der Waals surface area contributed by atoms with Crippen molar-refractivity contribution >= 4 is 11.9 Å². The van der Waals surface area contributed by atoms with Gasteiger partial charge in [-0.25, -0.2) is 0 Å². The molecular formula is C12H19NO3. The van der Waals surface area contributed by atoms with Gasteiger partial charge >= 0.3 is 5.97 Å². The molecule has 16 heavy (non-hydrogen) atoms. The van der Waals surface area contributed by atoms with Crippen molar-refractivity contribution in [3.05, 3.63) is 0 Å². The van der Waals surface area contributed by atoms with Crippen molar-refractivity contribution in [2.45, 2.75) is 32.6 Å². The zero-order valence-corrected chi connectivity index (χ0v) is 9.69. The molecule has 0 bridgehead atoms. The molecule has 1 N–H and O–H groups in total. The van der Waals surface area contributed by atoms with Crippen LogP contribution >= 0.6 is 0 Å². The van der Waals surface area contributed by atoms with E-state index in [1.807, 2.05) is 0 Å². The first-order valence-electron chi connectivity index (χ1n) is 6.09. The third kappa shape index (κ3) is 2.20. The van der Waals surface area contributed by atoms with Gasteiger partial charge in [0, 0.05) is 19.0 Å². The number of aliphatic carboxylic acids is 1. The molecule has 0 unspecified atom stereocenters. The van der Waals surface area contributed by atoms with Crippen LogP contribution < -0.4 is 0 Å². The molecule has 0 aromatic heterocycles. The summed E-state index contributed by atoms with van der Waals surface area (Å²) in [5.74, 6) is -0.0182. The van der Waals surface area contributed by atoms with Gasteiger partial charge in [-0.1, -0.05) is 6.92 Å². The highest BCUT2D eigenvalue weighted by molar-refractivity contribution is 5.82. The third-order valence-corrected chi connectivity index (χ3v) is 3.91. The van der Waals surface area contributed by atoms with E-state index < -0.39 is 5.97 Å². The van der Waals surface area contributed by atoms with Gasteiger partial charge in [-0.3, -0.25) is 9.59 Å². The maximum absolute atomic E-state index is 12.0. The fourth-order valence-electron chi connectivity index (χ4n) is 2.58. The third-order valence-electron chi connectivity index (χ3n) is 3.91. The standard InChI is InChI=1S/C12H19NO3/c1-8-2-4-9(5-3-8)11(14)13-6-10(7-13)12(15)16/h8-10H,2-7H2,1H3,(H,15,16). The number of carbonyl (C=O) groups is 2. The summed E-state index contributed by atoms with van der Waals surface area (Å²) in [6, 6.07) is 0. The average Bonchev–Trinajstić information content (AvgIpc) is 2.15. The van der Waals surface area contributed by atoms with E-state index in [0.717, 1.165) is 31.6 Å². The second kappa shape index (κ2) is 4.44. The highest BCUT2D eigenvalue weighted by atomic mass is 16.4. The lowest BCUT2D eigenvalue weighted by Gasteiger charge is -2.40. The van der Waals surface area contributed by atoms with Crippen LogP contribution in [0.1, 0.15) is 32.6 Å². The Balaban J connectivity index is 1.79. The lowest BCUT2D eigenvalue weighted by molar-refractivity contribution is -0.155. The monoisotopic (exact) mass is 225 g/mol. The summed E-state index contributed by atoms with van der Waals surface area (Å²) in [5, 5.41) is 8.74. The molecule has 2 fully saturated rings. The molecule has 1 saturated heterocycles. The molecule has 0 spiro atoms. The SMILES string of the molecule is CC1CCC(C(=O)N2CC(C(=O)O)C2)CC1. The van der Waals surface area contributed by atoms with Crippen molar-refractivity contribution in [3.8, 4) is 0 Å². The summed E-state index contributed by atoms with van der Waals surface area (Å²) < 4.78 is 0. The molecule has 1 heterocycles. The Bertz CT molecular complexity index is 289. The largest absolute Gasteiger partial charge is 0.481 e. The number of hydrogen-bond donors (Lipinski definition) is 1. The van der Waals surface area contributed by atoms with E-state index in [0.29, 0.717) is 13.1 Å². The Kier molecular flexibility index (Phi) is 3.17. The minimum absolute atomic E-state index is 0.158. The quantitative estimate of drug-likeness (QED) is 0.772. The van der Waals surface area contributed by atoms with Gasteiger partial charge in [0.05, 0.1) is 5.92 Å². The second-order valence-electron chi connectivity index (χ2n) is 5.24. The number of carboxylic acid groups (broad SMARTS) is 1. The van der Waals surface area contributed by atoms with Crippen molar-refractivity contribution in [2.24, 2.45) is 17.8 Å². The fourth-order valence-corrected chi connectivity index (χ4v) is 2.58. The highest BCUT2D eigenvalue weighted by Gasteiger charge is 2.38. The normalized spacial score (nSPS) is 30.9. The topological polar surface area (TPSA) is 57.6 Å². The smallest absolute Gasteiger partial charge is 0.310 e. The number of likely N-dealkylation sites (tertiary alicyclic amines) is 1. The van der Waals surface area contributed by atoms with Gasteiger partial charge < -0.3 is 10.0 Å². The van der Waals surface area contributed by atoms with Crippen LogP contribution in [0.25, 0.3) is 0 Å². The molecule has 4 heteroatoms. The molecule has 90 valence electrons. The van der Waals surface area contributed by atoms with Gasteiger partial charge in [-0.2, -0.15) is 0 Å². The summed E-state index contributed by atoms with van der Waals surface area (Å²) in [6.45, 7) is 3.06. The van der Waals surface area contributed by atoms with Gasteiger partial charge in [0.1, 0.15) is 0 Å².